The van der Waals surface area contributed by atoms with E-state index in [4.69, 9.17) is 0 Å². The number of fused-ring (bicyclic) bond motifs is 6. The Morgan fingerprint density at radius 2 is 0.868 bits per heavy atom. The second kappa shape index (κ2) is 12.2. The van der Waals surface area contributed by atoms with E-state index < -0.39 is 13.5 Å². The van der Waals surface area contributed by atoms with Crippen molar-refractivity contribution in [1.82, 2.24) is 0 Å². The second-order valence-electron chi connectivity index (χ2n) is 14.9. The van der Waals surface area contributed by atoms with Gasteiger partial charge in [-0.1, -0.05) is 183 Å². The summed E-state index contributed by atoms with van der Waals surface area (Å²) in [7, 11) is -1.91. The van der Waals surface area contributed by atoms with Gasteiger partial charge >= 0.3 is 0 Å². The summed E-state index contributed by atoms with van der Waals surface area (Å²) in [5.41, 5.74) is 16.1. The summed E-state index contributed by atoms with van der Waals surface area (Å²) in [6.45, 7) is 5.00. The van der Waals surface area contributed by atoms with E-state index in [1.807, 2.05) is 0 Å². The fraction of sp³-hybridized carbons (Fsp3) is 0.0588. The van der Waals surface area contributed by atoms with Gasteiger partial charge in [0.2, 0.25) is 0 Å². The van der Waals surface area contributed by atoms with Crippen molar-refractivity contribution in [2.75, 3.05) is 4.90 Å². The summed E-state index contributed by atoms with van der Waals surface area (Å²) in [5.74, 6) is 0. The molecule has 0 spiro atoms. The van der Waals surface area contributed by atoms with E-state index in [0.29, 0.717) is 0 Å². The molecule has 0 fully saturated rings. The molecule has 252 valence electrons. The highest BCUT2D eigenvalue weighted by Gasteiger charge is 2.46. The number of nitrogens with zero attached hydrogens (tertiary/aromatic N) is 1. The highest BCUT2D eigenvalue weighted by Crippen LogP contribution is 2.56. The van der Waals surface area contributed by atoms with Crippen molar-refractivity contribution in [3.05, 3.63) is 222 Å². The molecule has 0 radical (unpaired) electrons. The van der Waals surface area contributed by atoms with Crippen LogP contribution in [0.2, 0.25) is 13.1 Å². The quantitative estimate of drug-likeness (QED) is 0.157. The topological polar surface area (TPSA) is 3.24 Å². The van der Waals surface area contributed by atoms with Crippen molar-refractivity contribution in [2.24, 2.45) is 0 Å². The average Bonchev–Trinajstić information content (AvgIpc) is 3.65. The first-order chi connectivity index (χ1) is 26.1. The molecule has 1 nitrogen and oxygen atoms in total. The maximum absolute atomic E-state index is 2.50. The van der Waals surface area contributed by atoms with Gasteiger partial charge in [-0.25, -0.2) is 0 Å². The zero-order valence-corrected chi connectivity index (χ0v) is 31.0. The molecule has 0 atom stereocenters. The summed E-state index contributed by atoms with van der Waals surface area (Å²) in [6, 6.07) is 74.3. The monoisotopic (exact) mass is 693 g/mol. The lowest BCUT2D eigenvalue weighted by molar-refractivity contribution is 0.768. The maximum atomic E-state index is 2.50. The molecule has 0 amide bonds. The molecule has 8 aromatic carbocycles. The molecule has 1 aliphatic carbocycles. The van der Waals surface area contributed by atoms with Gasteiger partial charge in [-0.3, -0.25) is 0 Å². The number of benzene rings is 8. The normalized spacial score (nSPS) is 14.2. The molecule has 53 heavy (non-hydrogen) atoms. The summed E-state index contributed by atoms with van der Waals surface area (Å²) >= 11 is 0. The van der Waals surface area contributed by atoms with E-state index in [0.717, 1.165) is 11.4 Å². The summed E-state index contributed by atoms with van der Waals surface area (Å²) in [6.07, 6.45) is 0. The van der Waals surface area contributed by atoms with Crippen LogP contribution in [0.5, 0.6) is 0 Å². The molecule has 2 heteroatoms. The summed E-state index contributed by atoms with van der Waals surface area (Å²) in [4.78, 5) is 2.48. The van der Waals surface area contributed by atoms with Gasteiger partial charge in [0.15, 0.2) is 0 Å². The predicted octanol–water partition coefficient (Wildman–Crippen LogP) is 12.0. The lowest BCUT2D eigenvalue weighted by Crippen LogP contribution is -2.49. The highest BCUT2D eigenvalue weighted by atomic mass is 28.3. The maximum Gasteiger partial charge on any atom is 0.113 e. The van der Waals surface area contributed by atoms with Crippen LogP contribution in [-0.4, -0.2) is 8.07 Å². The second-order valence-corrected chi connectivity index (χ2v) is 19.2. The van der Waals surface area contributed by atoms with E-state index in [9.17, 15) is 0 Å². The van der Waals surface area contributed by atoms with Gasteiger partial charge in [0.25, 0.3) is 0 Å². The molecule has 1 aliphatic heterocycles. The molecule has 0 saturated heterocycles. The zero-order valence-electron chi connectivity index (χ0n) is 30.0. The Balaban J connectivity index is 1.19. The van der Waals surface area contributed by atoms with Gasteiger partial charge in [0.05, 0.1) is 11.1 Å². The third kappa shape index (κ3) is 4.69. The van der Waals surface area contributed by atoms with Crippen LogP contribution in [0.4, 0.5) is 17.1 Å². The van der Waals surface area contributed by atoms with E-state index in [1.165, 1.54) is 71.7 Å². The van der Waals surface area contributed by atoms with Gasteiger partial charge in [0.1, 0.15) is 8.07 Å². The Bertz CT molecular complexity index is 2590. The van der Waals surface area contributed by atoms with Gasteiger partial charge in [0, 0.05) is 16.9 Å². The SMILES string of the molecule is C[Si]1(C)c2ccccc2-c2ccc(N(c3ccc(C4(c5ccccc5)c5ccccc5-c5ccccc54)cc3)c3ccccc3-c3ccccc3)cc21. The van der Waals surface area contributed by atoms with Crippen molar-refractivity contribution in [1.29, 1.82) is 0 Å². The van der Waals surface area contributed by atoms with Crippen LogP contribution in [0, 0.1) is 0 Å². The highest BCUT2D eigenvalue weighted by molar-refractivity contribution is 7.03. The third-order valence-corrected chi connectivity index (χ3v) is 15.3. The largest absolute Gasteiger partial charge is 0.310 e. The third-order valence-electron chi connectivity index (χ3n) is 11.8. The first-order valence-corrected chi connectivity index (χ1v) is 21.6. The Hall–Kier alpha value is -6.22. The molecular weight excluding hydrogens is 655 g/mol. The lowest BCUT2D eigenvalue weighted by Gasteiger charge is -2.34. The Morgan fingerprint density at radius 3 is 1.55 bits per heavy atom. The molecule has 2 aliphatic rings. The molecule has 0 saturated carbocycles. The van der Waals surface area contributed by atoms with Crippen molar-refractivity contribution >= 4 is 35.5 Å². The van der Waals surface area contributed by atoms with Gasteiger partial charge in [-0.2, -0.15) is 0 Å². The van der Waals surface area contributed by atoms with Crippen molar-refractivity contribution in [2.45, 2.75) is 18.5 Å². The van der Waals surface area contributed by atoms with E-state index >= 15 is 0 Å². The standard InChI is InChI=1S/C51H39NSi/c1-53(2)49-28-16-12-24-44(49)45-34-33-40(35-50(45)53)52(48-27-15-11-21-41(48)36-17-5-3-6-18-36)39-31-29-38(30-32-39)51(37-19-7-4-8-20-37)46-25-13-9-22-42(46)43-23-10-14-26-47(43)51/h3-35H,1-2H3. The zero-order chi connectivity index (χ0) is 35.6. The van der Waals surface area contributed by atoms with E-state index in [-0.39, 0.29) is 0 Å². The minimum atomic E-state index is -1.91. The van der Waals surface area contributed by atoms with Gasteiger partial charge < -0.3 is 4.90 Å². The van der Waals surface area contributed by atoms with Crippen LogP contribution < -0.4 is 15.3 Å². The Morgan fingerprint density at radius 1 is 0.377 bits per heavy atom. The predicted molar refractivity (Wildman–Crippen MR) is 226 cm³/mol. The average molecular weight is 694 g/mol. The van der Waals surface area contributed by atoms with Crippen LogP contribution in [-0.2, 0) is 5.41 Å². The van der Waals surface area contributed by atoms with Crippen LogP contribution in [0.25, 0.3) is 33.4 Å². The Kier molecular flexibility index (Phi) is 7.25. The van der Waals surface area contributed by atoms with Gasteiger partial charge in [-0.15, -0.1) is 0 Å². The molecule has 8 aromatic rings. The molecule has 0 bridgehead atoms. The van der Waals surface area contributed by atoms with Crippen molar-refractivity contribution in [3.8, 4) is 33.4 Å². The smallest absolute Gasteiger partial charge is 0.113 e. The summed E-state index contributed by atoms with van der Waals surface area (Å²) < 4.78 is 0. The lowest BCUT2D eigenvalue weighted by atomic mass is 9.68. The summed E-state index contributed by atoms with van der Waals surface area (Å²) in [5, 5.41) is 3.02. The number of hydrogen-bond acceptors (Lipinski definition) is 1. The van der Waals surface area contributed by atoms with Crippen molar-refractivity contribution in [3.63, 3.8) is 0 Å². The van der Waals surface area contributed by atoms with E-state index in [1.54, 1.807) is 0 Å². The molecule has 1 heterocycles. The Labute approximate surface area is 313 Å². The van der Waals surface area contributed by atoms with Crippen LogP contribution >= 0.6 is 0 Å². The first-order valence-electron chi connectivity index (χ1n) is 18.6. The first kappa shape index (κ1) is 31.5. The molecule has 0 aromatic heterocycles. The fourth-order valence-electron chi connectivity index (χ4n) is 9.36. The minimum absolute atomic E-state index is 0.436. The van der Waals surface area contributed by atoms with E-state index in [2.05, 4.69) is 218 Å². The molecule has 10 rings (SSSR count). The molecule has 0 N–H and O–H groups in total. The fourth-order valence-corrected chi connectivity index (χ4v) is 12.5. The van der Waals surface area contributed by atoms with Crippen LogP contribution in [0.15, 0.2) is 200 Å². The number of para-hydroxylation sites is 1. The van der Waals surface area contributed by atoms with Crippen molar-refractivity contribution < 1.29 is 0 Å². The van der Waals surface area contributed by atoms with Crippen LogP contribution in [0.3, 0.4) is 0 Å². The van der Waals surface area contributed by atoms with Crippen LogP contribution in [0.1, 0.15) is 22.3 Å². The number of anilines is 3. The minimum Gasteiger partial charge on any atom is -0.310 e. The molecular formula is C51H39NSi. The number of hydrogen-bond donors (Lipinski definition) is 0. The van der Waals surface area contributed by atoms with Gasteiger partial charge in [-0.05, 0) is 90.8 Å². The number of rotatable bonds is 6. The molecule has 0 unspecified atom stereocenters.